The zero-order chi connectivity index (χ0) is 14.4. The Hall–Kier alpha value is -2.20. The highest BCUT2D eigenvalue weighted by molar-refractivity contribution is 9.10. The number of halogens is 2. The summed E-state index contributed by atoms with van der Waals surface area (Å²) in [5.41, 5.74) is 2.54. The lowest BCUT2D eigenvalue weighted by atomic mass is 10.0. The van der Waals surface area contributed by atoms with Gasteiger partial charge in [-0.25, -0.2) is 4.39 Å². The number of aromatic nitrogens is 2. The molecule has 21 heavy (non-hydrogen) atoms. The minimum Gasteiger partial charge on any atom is -0.277 e. The lowest BCUT2D eigenvalue weighted by molar-refractivity contribution is 0.623. The molecule has 4 rings (SSSR count). The van der Waals surface area contributed by atoms with Gasteiger partial charge < -0.3 is 0 Å². The Bertz CT molecular complexity index is 975. The second kappa shape index (κ2) is 4.67. The van der Waals surface area contributed by atoms with Crippen LogP contribution in [-0.2, 0) is 0 Å². The van der Waals surface area contributed by atoms with Crippen molar-refractivity contribution >= 4 is 37.6 Å². The van der Waals surface area contributed by atoms with Gasteiger partial charge in [0, 0.05) is 17.0 Å². The standard InChI is InChI=1S/C17H10BrFN2/c18-14-8-13-16(9-15(14)19)20-21-17(13)12-6-5-10-3-1-2-4-11(10)7-12/h1-9H,(H,20,21). The minimum absolute atomic E-state index is 0.295. The Morgan fingerprint density at radius 3 is 2.62 bits per heavy atom. The van der Waals surface area contributed by atoms with Crippen molar-refractivity contribution in [3.05, 3.63) is 64.9 Å². The van der Waals surface area contributed by atoms with E-state index in [2.05, 4.69) is 50.4 Å². The van der Waals surface area contributed by atoms with Gasteiger partial charge in [0.1, 0.15) is 5.82 Å². The molecular formula is C17H10BrFN2. The Kier molecular flexibility index (Phi) is 2.79. The van der Waals surface area contributed by atoms with E-state index in [1.54, 1.807) is 6.07 Å². The fraction of sp³-hybridized carbons (Fsp3) is 0. The molecule has 4 aromatic rings. The third-order valence-electron chi connectivity index (χ3n) is 3.63. The van der Waals surface area contributed by atoms with Gasteiger partial charge in [-0.15, -0.1) is 0 Å². The monoisotopic (exact) mass is 340 g/mol. The van der Waals surface area contributed by atoms with Crippen LogP contribution in [0, 0.1) is 5.82 Å². The van der Waals surface area contributed by atoms with Gasteiger partial charge in [0.15, 0.2) is 0 Å². The van der Waals surface area contributed by atoms with Gasteiger partial charge in [0.05, 0.1) is 15.7 Å². The molecule has 0 bridgehead atoms. The van der Waals surface area contributed by atoms with Crippen LogP contribution in [0.5, 0.6) is 0 Å². The van der Waals surface area contributed by atoms with Crippen molar-refractivity contribution < 1.29 is 4.39 Å². The molecular weight excluding hydrogens is 331 g/mol. The van der Waals surface area contributed by atoms with Gasteiger partial charge in [0.25, 0.3) is 0 Å². The van der Waals surface area contributed by atoms with E-state index in [0.29, 0.717) is 9.99 Å². The molecule has 0 aliphatic heterocycles. The molecule has 1 N–H and O–H groups in total. The maximum absolute atomic E-state index is 13.6. The first-order chi connectivity index (χ1) is 10.2. The number of nitrogens with one attached hydrogen (secondary N) is 1. The third kappa shape index (κ3) is 2.03. The first kappa shape index (κ1) is 12.5. The summed E-state index contributed by atoms with van der Waals surface area (Å²) in [6.07, 6.45) is 0. The molecule has 0 aliphatic rings. The SMILES string of the molecule is Fc1cc2[nH]nc(-c3ccc4ccccc4c3)c2cc1Br. The number of H-pyrrole nitrogens is 1. The molecule has 4 heteroatoms. The van der Waals surface area contributed by atoms with Gasteiger partial charge >= 0.3 is 0 Å². The zero-order valence-electron chi connectivity index (χ0n) is 10.9. The van der Waals surface area contributed by atoms with Gasteiger partial charge in [-0.05, 0) is 38.8 Å². The number of hydrogen-bond acceptors (Lipinski definition) is 1. The summed E-state index contributed by atoms with van der Waals surface area (Å²) in [6, 6.07) is 17.6. The van der Waals surface area contributed by atoms with Crippen molar-refractivity contribution in [3.63, 3.8) is 0 Å². The molecule has 0 spiro atoms. The van der Waals surface area contributed by atoms with E-state index in [-0.39, 0.29) is 5.82 Å². The fourth-order valence-corrected chi connectivity index (χ4v) is 2.91. The summed E-state index contributed by atoms with van der Waals surface area (Å²) in [6.45, 7) is 0. The molecule has 1 heterocycles. The largest absolute Gasteiger partial charge is 0.277 e. The summed E-state index contributed by atoms with van der Waals surface area (Å²) >= 11 is 3.23. The molecule has 0 unspecified atom stereocenters. The summed E-state index contributed by atoms with van der Waals surface area (Å²) in [4.78, 5) is 0. The Morgan fingerprint density at radius 2 is 1.76 bits per heavy atom. The predicted molar refractivity (Wildman–Crippen MR) is 86.7 cm³/mol. The molecule has 1 aromatic heterocycles. The molecule has 0 amide bonds. The highest BCUT2D eigenvalue weighted by Gasteiger charge is 2.11. The fourth-order valence-electron chi connectivity index (χ4n) is 2.57. The Balaban J connectivity index is 1.97. The van der Waals surface area contributed by atoms with Crippen molar-refractivity contribution in [2.24, 2.45) is 0 Å². The van der Waals surface area contributed by atoms with Gasteiger partial charge in [-0.2, -0.15) is 5.10 Å². The molecule has 0 radical (unpaired) electrons. The lowest BCUT2D eigenvalue weighted by Crippen LogP contribution is -1.81. The van der Waals surface area contributed by atoms with E-state index in [1.807, 2.05) is 18.2 Å². The minimum atomic E-state index is -0.295. The Labute approximate surface area is 128 Å². The average molecular weight is 341 g/mol. The molecule has 0 aliphatic carbocycles. The maximum Gasteiger partial charge on any atom is 0.139 e. The number of nitrogens with zero attached hydrogens (tertiary/aromatic N) is 1. The molecule has 3 aromatic carbocycles. The summed E-state index contributed by atoms with van der Waals surface area (Å²) < 4.78 is 14.0. The van der Waals surface area contributed by atoms with Crippen molar-refractivity contribution in [1.82, 2.24) is 10.2 Å². The topological polar surface area (TPSA) is 28.7 Å². The Morgan fingerprint density at radius 1 is 0.952 bits per heavy atom. The number of fused-ring (bicyclic) bond motifs is 2. The van der Waals surface area contributed by atoms with E-state index in [9.17, 15) is 4.39 Å². The third-order valence-corrected chi connectivity index (χ3v) is 4.23. The predicted octanol–water partition coefficient (Wildman–Crippen LogP) is 5.28. The first-order valence-corrected chi connectivity index (χ1v) is 7.34. The maximum atomic E-state index is 13.6. The summed E-state index contributed by atoms with van der Waals surface area (Å²) in [5, 5.41) is 10.5. The molecule has 0 fully saturated rings. The van der Waals surface area contributed by atoms with Crippen molar-refractivity contribution in [2.75, 3.05) is 0 Å². The van der Waals surface area contributed by atoms with Gasteiger partial charge in [-0.1, -0.05) is 36.4 Å². The highest BCUT2D eigenvalue weighted by Crippen LogP contribution is 2.31. The quantitative estimate of drug-likeness (QED) is 0.501. The van der Waals surface area contributed by atoms with E-state index >= 15 is 0 Å². The van der Waals surface area contributed by atoms with Crippen LogP contribution in [0.1, 0.15) is 0 Å². The zero-order valence-corrected chi connectivity index (χ0v) is 12.5. The molecule has 0 saturated carbocycles. The van der Waals surface area contributed by atoms with Crippen LogP contribution in [-0.4, -0.2) is 10.2 Å². The molecule has 102 valence electrons. The van der Waals surface area contributed by atoms with E-state index in [4.69, 9.17) is 0 Å². The van der Waals surface area contributed by atoms with Crippen LogP contribution in [0.2, 0.25) is 0 Å². The van der Waals surface area contributed by atoms with Crippen LogP contribution in [0.3, 0.4) is 0 Å². The number of rotatable bonds is 1. The summed E-state index contributed by atoms with van der Waals surface area (Å²) in [7, 11) is 0. The summed E-state index contributed by atoms with van der Waals surface area (Å²) in [5.74, 6) is -0.295. The van der Waals surface area contributed by atoms with Crippen LogP contribution in [0.25, 0.3) is 32.9 Å². The van der Waals surface area contributed by atoms with Crippen LogP contribution in [0.15, 0.2) is 59.1 Å². The molecule has 2 nitrogen and oxygen atoms in total. The van der Waals surface area contributed by atoms with Crippen molar-refractivity contribution in [3.8, 4) is 11.3 Å². The van der Waals surface area contributed by atoms with E-state index < -0.39 is 0 Å². The van der Waals surface area contributed by atoms with Crippen molar-refractivity contribution in [2.45, 2.75) is 0 Å². The normalized spacial score (nSPS) is 11.3. The van der Waals surface area contributed by atoms with Crippen LogP contribution >= 0.6 is 15.9 Å². The average Bonchev–Trinajstić information content (AvgIpc) is 2.90. The van der Waals surface area contributed by atoms with Gasteiger partial charge in [-0.3, -0.25) is 5.10 Å². The lowest BCUT2D eigenvalue weighted by Gasteiger charge is -2.02. The molecule has 0 atom stereocenters. The second-order valence-corrected chi connectivity index (χ2v) is 5.80. The van der Waals surface area contributed by atoms with E-state index in [0.717, 1.165) is 22.0 Å². The van der Waals surface area contributed by atoms with Crippen LogP contribution < -0.4 is 0 Å². The van der Waals surface area contributed by atoms with Crippen molar-refractivity contribution in [1.29, 1.82) is 0 Å². The van der Waals surface area contributed by atoms with Gasteiger partial charge in [0.2, 0.25) is 0 Å². The molecule has 0 saturated heterocycles. The number of benzene rings is 3. The highest BCUT2D eigenvalue weighted by atomic mass is 79.9. The second-order valence-electron chi connectivity index (χ2n) is 4.95. The first-order valence-electron chi connectivity index (χ1n) is 6.55. The van der Waals surface area contributed by atoms with E-state index in [1.165, 1.54) is 11.5 Å². The number of hydrogen-bond donors (Lipinski definition) is 1. The van der Waals surface area contributed by atoms with Crippen LogP contribution in [0.4, 0.5) is 4.39 Å². The smallest absolute Gasteiger partial charge is 0.139 e. The number of aromatic amines is 1.